The molecule has 0 aliphatic carbocycles. The summed E-state index contributed by atoms with van der Waals surface area (Å²) < 4.78 is 32.3. The van der Waals surface area contributed by atoms with Crippen LogP contribution in [0.5, 0.6) is 0 Å². The fraction of sp³-hybridized carbons (Fsp3) is 1.00. The summed E-state index contributed by atoms with van der Waals surface area (Å²) in [6, 6.07) is 3.82. The van der Waals surface area contributed by atoms with Gasteiger partial charge < -0.3 is 4.12 Å². The highest BCUT2D eigenvalue weighted by Crippen LogP contribution is 2.36. The highest BCUT2D eigenvalue weighted by Gasteiger charge is 2.44. The Kier molecular flexibility index (Phi) is 9.37. The number of alkyl halides is 4. The van der Waals surface area contributed by atoms with Crippen LogP contribution in [0.4, 0.5) is 8.78 Å². The van der Waals surface area contributed by atoms with Crippen molar-refractivity contribution in [3.8, 4) is 0 Å². The molecule has 0 bridgehead atoms. The van der Waals surface area contributed by atoms with Gasteiger partial charge in [-0.1, -0.05) is 27.7 Å². The maximum atomic E-state index is 12.9. The molecule has 19 heavy (non-hydrogen) atoms. The second-order valence-corrected chi connectivity index (χ2v) is 15.5. The van der Waals surface area contributed by atoms with Crippen molar-refractivity contribution in [2.45, 2.75) is 75.2 Å². The first-order valence-electron chi connectivity index (χ1n) is 7.05. The van der Waals surface area contributed by atoms with E-state index in [0.29, 0.717) is 12.1 Å². The topological polar surface area (TPSA) is 9.23 Å². The van der Waals surface area contributed by atoms with Gasteiger partial charge >= 0.3 is 0 Å². The largest absolute Gasteiger partial charge is 0.454 e. The molecule has 1 unspecified atom stereocenters. The molecule has 1 nitrogen and oxygen atoms in total. The van der Waals surface area contributed by atoms with E-state index in [0.717, 1.165) is 18.1 Å². The lowest BCUT2D eigenvalue weighted by Crippen LogP contribution is -2.52. The molecular formula is C12H26Cl2F2OSi2. The van der Waals surface area contributed by atoms with Crippen LogP contribution in [0.1, 0.15) is 27.7 Å². The third kappa shape index (κ3) is 6.42. The molecule has 0 amide bonds. The summed E-state index contributed by atoms with van der Waals surface area (Å²) in [5.74, 6) is 0. The SMILES string of the molecule is CC[Si](CC)(CC)O[Si](CC)(CC(F)F)CC(Cl)Cl. The Morgan fingerprint density at radius 1 is 0.842 bits per heavy atom. The molecule has 1 atom stereocenters. The molecule has 0 aliphatic heterocycles. The average Bonchev–Trinajstić information content (AvgIpc) is 2.34. The number of hydrogen-bond acceptors (Lipinski definition) is 1. The van der Waals surface area contributed by atoms with Crippen molar-refractivity contribution < 1.29 is 12.9 Å². The van der Waals surface area contributed by atoms with Crippen LogP contribution in [0.15, 0.2) is 0 Å². The monoisotopic (exact) mass is 350 g/mol. The Bertz CT molecular complexity index is 234. The molecule has 0 fully saturated rings. The molecule has 0 aromatic heterocycles. The third-order valence-electron chi connectivity index (χ3n) is 4.06. The maximum absolute atomic E-state index is 12.9. The minimum absolute atomic E-state index is 0.145. The van der Waals surface area contributed by atoms with Gasteiger partial charge in [-0.15, -0.1) is 23.2 Å². The molecule has 0 spiro atoms. The van der Waals surface area contributed by atoms with Crippen LogP contribution in [0, 0.1) is 0 Å². The summed E-state index contributed by atoms with van der Waals surface area (Å²) >= 11 is 11.7. The molecule has 7 heteroatoms. The standard InChI is InChI=1S/C12H26Cl2F2OSi2/c1-5-18(6-2,7-3)17-19(8-4,9-11(13)14)10-12(15)16/h11-12H,5-10H2,1-4H3. The normalized spacial score (nSPS) is 16.1. The Morgan fingerprint density at radius 2 is 1.26 bits per heavy atom. The zero-order valence-electron chi connectivity index (χ0n) is 12.3. The fourth-order valence-corrected chi connectivity index (χ4v) is 14.2. The molecule has 0 aromatic carbocycles. The van der Waals surface area contributed by atoms with Crippen LogP contribution in [0.2, 0.25) is 36.3 Å². The molecular weight excluding hydrogens is 325 g/mol. The Morgan fingerprint density at radius 3 is 1.53 bits per heavy atom. The van der Waals surface area contributed by atoms with Crippen LogP contribution in [0.3, 0.4) is 0 Å². The van der Waals surface area contributed by atoms with Gasteiger partial charge in [0.05, 0.1) is 0 Å². The second kappa shape index (κ2) is 8.98. The lowest BCUT2D eigenvalue weighted by Gasteiger charge is -2.41. The van der Waals surface area contributed by atoms with Crippen molar-refractivity contribution in [3.63, 3.8) is 0 Å². The van der Waals surface area contributed by atoms with E-state index in [4.69, 9.17) is 27.3 Å². The Hall–Kier alpha value is 0.834. The first kappa shape index (κ1) is 19.8. The lowest BCUT2D eigenvalue weighted by molar-refractivity contribution is 0.164. The molecule has 0 heterocycles. The van der Waals surface area contributed by atoms with Gasteiger partial charge in [0, 0.05) is 6.04 Å². The molecule has 0 aliphatic rings. The van der Waals surface area contributed by atoms with Gasteiger partial charge in [-0.2, -0.15) is 0 Å². The van der Waals surface area contributed by atoms with E-state index in [1.165, 1.54) is 0 Å². The molecule has 0 rings (SSSR count). The Labute approximate surface area is 128 Å². The summed E-state index contributed by atoms with van der Waals surface area (Å²) in [5, 5.41) is 0. The van der Waals surface area contributed by atoms with E-state index < -0.39 is 27.9 Å². The zero-order chi connectivity index (χ0) is 15.1. The number of rotatable bonds is 10. The van der Waals surface area contributed by atoms with E-state index >= 15 is 0 Å². The zero-order valence-corrected chi connectivity index (χ0v) is 15.8. The fourth-order valence-electron chi connectivity index (χ4n) is 2.52. The number of hydrogen-bond donors (Lipinski definition) is 0. The van der Waals surface area contributed by atoms with Crippen molar-refractivity contribution in [2.24, 2.45) is 0 Å². The first-order valence-corrected chi connectivity index (χ1v) is 13.0. The molecule has 0 aromatic rings. The minimum Gasteiger partial charge on any atom is -0.454 e. The van der Waals surface area contributed by atoms with E-state index in [9.17, 15) is 8.78 Å². The molecule has 0 N–H and O–H groups in total. The van der Waals surface area contributed by atoms with Crippen molar-refractivity contribution in [3.05, 3.63) is 0 Å². The molecule has 0 saturated heterocycles. The summed E-state index contributed by atoms with van der Waals surface area (Å²) in [5.41, 5.74) is 0. The third-order valence-corrected chi connectivity index (χ3v) is 15.7. The summed E-state index contributed by atoms with van der Waals surface area (Å²) in [4.78, 5) is -0.609. The van der Waals surface area contributed by atoms with Gasteiger partial charge in [0.2, 0.25) is 6.43 Å². The van der Waals surface area contributed by atoms with Gasteiger partial charge in [0.1, 0.15) is 4.84 Å². The van der Waals surface area contributed by atoms with Gasteiger partial charge in [-0.05, 0) is 30.2 Å². The molecule has 0 saturated carbocycles. The van der Waals surface area contributed by atoms with E-state index in [1.807, 2.05) is 6.92 Å². The van der Waals surface area contributed by atoms with Crippen molar-refractivity contribution in [1.82, 2.24) is 0 Å². The van der Waals surface area contributed by atoms with Gasteiger partial charge in [0.25, 0.3) is 0 Å². The smallest absolute Gasteiger partial charge is 0.238 e. The van der Waals surface area contributed by atoms with Crippen LogP contribution >= 0.6 is 23.2 Å². The van der Waals surface area contributed by atoms with E-state index in [-0.39, 0.29) is 6.04 Å². The minimum atomic E-state index is -2.55. The predicted molar refractivity (Wildman–Crippen MR) is 85.6 cm³/mol. The van der Waals surface area contributed by atoms with Crippen LogP contribution in [-0.2, 0) is 4.12 Å². The van der Waals surface area contributed by atoms with Gasteiger partial charge in [0.15, 0.2) is 16.6 Å². The maximum Gasteiger partial charge on any atom is 0.238 e. The molecule has 116 valence electrons. The summed E-state index contributed by atoms with van der Waals surface area (Å²) in [6.45, 7) is 8.25. The highest BCUT2D eigenvalue weighted by molar-refractivity contribution is 6.87. The van der Waals surface area contributed by atoms with Crippen molar-refractivity contribution >= 4 is 39.8 Å². The van der Waals surface area contributed by atoms with E-state index in [2.05, 4.69) is 20.8 Å². The van der Waals surface area contributed by atoms with Crippen LogP contribution in [-0.4, -0.2) is 27.9 Å². The van der Waals surface area contributed by atoms with Gasteiger partial charge in [-0.25, -0.2) is 8.78 Å². The molecule has 0 radical (unpaired) electrons. The first-order chi connectivity index (χ1) is 8.78. The number of halogens is 4. The van der Waals surface area contributed by atoms with Crippen LogP contribution < -0.4 is 0 Å². The van der Waals surface area contributed by atoms with Crippen LogP contribution in [0.25, 0.3) is 0 Å². The lowest BCUT2D eigenvalue weighted by atomic mass is 10.8. The highest BCUT2D eigenvalue weighted by atomic mass is 35.5. The predicted octanol–water partition coefficient (Wildman–Crippen LogP) is 6.04. The second-order valence-electron chi connectivity index (χ2n) is 5.07. The summed E-state index contributed by atoms with van der Waals surface area (Å²) in [7, 11) is -4.44. The van der Waals surface area contributed by atoms with Gasteiger partial charge in [-0.3, -0.25) is 0 Å². The van der Waals surface area contributed by atoms with Crippen molar-refractivity contribution in [1.29, 1.82) is 0 Å². The summed E-state index contributed by atoms with van der Waals surface area (Å²) in [6.07, 6.45) is -2.34. The van der Waals surface area contributed by atoms with Crippen molar-refractivity contribution in [2.75, 3.05) is 0 Å². The van der Waals surface area contributed by atoms with E-state index in [1.54, 1.807) is 0 Å². The average molecular weight is 351 g/mol. The Balaban J connectivity index is 5.20. The quantitative estimate of drug-likeness (QED) is 0.344.